The van der Waals surface area contributed by atoms with Gasteiger partial charge in [-0.25, -0.2) is 4.79 Å². The molecule has 0 radical (unpaired) electrons. The molecule has 0 unspecified atom stereocenters. The van der Waals surface area contributed by atoms with Gasteiger partial charge in [-0.2, -0.15) is 0 Å². The van der Waals surface area contributed by atoms with E-state index in [4.69, 9.17) is 16.3 Å². The number of ketones is 2. The molecule has 0 aromatic heterocycles. The zero-order valence-electron chi connectivity index (χ0n) is 11.4. The van der Waals surface area contributed by atoms with Crippen molar-refractivity contribution in [3.63, 3.8) is 0 Å². The molecular weight excluding hydrogens is 258 g/mol. The number of alkyl carbamates (subject to hydrolysis) is 1. The lowest BCUT2D eigenvalue weighted by molar-refractivity contribution is -0.137. The van der Waals surface area contributed by atoms with E-state index < -0.39 is 35.2 Å². The molecule has 0 rings (SSSR count). The molecule has 0 saturated carbocycles. The Balaban J connectivity index is 4.70. The first kappa shape index (κ1) is 16.9. The molecule has 0 bridgehead atoms. The number of amides is 1. The summed E-state index contributed by atoms with van der Waals surface area (Å²) in [6, 6.07) is -0.911. The van der Waals surface area contributed by atoms with Gasteiger partial charge in [0.05, 0.1) is 5.88 Å². The van der Waals surface area contributed by atoms with Gasteiger partial charge in [0, 0.05) is 0 Å². The maximum Gasteiger partial charge on any atom is 0.408 e. The van der Waals surface area contributed by atoms with Crippen LogP contribution in [-0.4, -0.2) is 35.2 Å². The van der Waals surface area contributed by atoms with E-state index in [2.05, 4.69) is 5.32 Å². The average molecular weight is 278 g/mol. The fraction of sp³-hybridized carbons (Fsp3) is 0.750. The first-order valence-corrected chi connectivity index (χ1v) is 6.24. The fourth-order valence-electron chi connectivity index (χ4n) is 1.21. The molecule has 0 aliphatic rings. The molecule has 0 saturated heterocycles. The fourth-order valence-corrected chi connectivity index (χ4v) is 1.34. The lowest BCUT2D eigenvalue weighted by atomic mass is 9.98. The molecule has 5 nitrogen and oxygen atoms in total. The topological polar surface area (TPSA) is 72.5 Å². The second kappa shape index (κ2) is 6.73. The highest BCUT2D eigenvalue weighted by molar-refractivity contribution is 6.48. The van der Waals surface area contributed by atoms with Crippen LogP contribution in [0.1, 0.15) is 34.6 Å². The summed E-state index contributed by atoms with van der Waals surface area (Å²) >= 11 is 5.32. The van der Waals surface area contributed by atoms with Crippen LogP contribution in [0.2, 0.25) is 0 Å². The lowest BCUT2D eigenvalue weighted by Gasteiger charge is -2.24. The highest BCUT2D eigenvalue weighted by atomic mass is 35.5. The van der Waals surface area contributed by atoms with Crippen LogP contribution >= 0.6 is 11.6 Å². The van der Waals surface area contributed by atoms with Crippen LogP contribution in [0.3, 0.4) is 0 Å². The maximum absolute atomic E-state index is 11.7. The van der Waals surface area contributed by atoms with Crippen LogP contribution in [0, 0.1) is 5.92 Å². The summed E-state index contributed by atoms with van der Waals surface area (Å²) < 4.78 is 5.04. The van der Waals surface area contributed by atoms with E-state index >= 15 is 0 Å². The van der Waals surface area contributed by atoms with E-state index in [1.54, 1.807) is 34.6 Å². The van der Waals surface area contributed by atoms with E-state index in [0.29, 0.717) is 0 Å². The zero-order valence-corrected chi connectivity index (χ0v) is 12.1. The van der Waals surface area contributed by atoms with Crippen molar-refractivity contribution in [3.05, 3.63) is 0 Å². The predicted molar refractivity (Wildman–Crippen MR) is 68.7 cm³/mol. The van der Waals surface area contributed by atoms with E-state index in [1.165, 1.54) is 0 Å². The van der Waals surface area contributed by atoms with Gasteiger partial charge in [-0.05, 0) is 26.7 Å². The number of nitrogens with one attached hydrogen (secondary N) is 1. The van der Waals surface area contributed by atoms with E-state index in [1.807, 2.05) is 0 Å². The normalized spacial score (nSPS) is 13.1. The highest BCUT2D eigenvalue weighted by Crippen LogP contribution is 2.09. The predicted octanol–water partition coefficient (Wildman–Crippen LogP) is 1.91. The zero-order chi connectivity index (χ0) is 14.5. The minimum Gasteiger partial charge on any atom is -0.444 e. The summed E-state index contributed by atoms with van der Waals surface area (Å²) in [4.78, 5) is 34.5. The van der Waals surface area contributed by atoms with Crippen molar-refractivity contribution in [2.24, 2.45) is 5.92 Å². The standard InChI is InChI=1S/C12H20ClNO4/c1-7(2)9(10(16)8(15)6-13)14-11(17)18-12(3,4)5/h7,9H,6H2,1-5H3,(H,14,17)/t9-/m0/s1. The van der Waals surface area contributed by atoms with Crippen LogP contribution in [0.4, 0.5) is 4.79 Å². The van der Waals surface area contributed by atoms with Crippen molar-refractivity contribution in [2.75, 3.05) is 5.88 Å². The van der Waals surface area contributed by atoms with Crippen molar-refractivity contribution in [1.82, 2.24) is 5.32 Å². The monoisotopic (exact) mass is 277 g/mol. The Hall–Kier alpha value is -1.10. The van der Waals surface area contributed by atoms with Crippen LogP contribution in [0.15, 0.2) is 0 Å². The van der Waals surface area contributed by atoms with Crippen LogP contribution in [0.25, 0.3) is 0 Å². The number of carbonyl (C=O) groups is 3. The summed E-state index contributed by atoms with van der Waals surface area (Å²) in [5.41, 5.74) is -0.662. The molecule has 0 spiro atoms. The molecule has 0 aromatic rings. The number of hydrogen-bond donors (Lipinski definition) is 1. The van der Waals surface area contributed by atoms with E-state index in [0.717, 1.165) is 0 Å². The van der Waals surface area contributed by atoms with Crippen molar-refractivity contribution < 1.29 is 19.1 Å². The van der Waals surface area contributed by atoms with Gasteiger partial charge in [-0.3, -0.25) is 9.59 Å². The molecule has 104 valence electrons. The number of alkyl halides is 1. The Bertz CT molecular complexity index is 333. The van der Waals surface area contributed by atoms with Gasteiger partial charge >= 0.3 is 6.09 Å². The summed E-state index contributed by atoms with van der Waals surface area (Å²) in [5, 5.41) is 2.40. The summed E-state index contributed by atoms with van der Waals surface area (Å²) in [7, 11) is 0. The molecule has 0 heterocycles. The first-order chi connectivity index (χ1) is 8.08. The van der Waals surface area contributed by atoms with Crippen LogP contribution in [0.5, 0.6) is 0 Å². The summed E-state index contributed by atoms with van der Waals surface area (Å²) in [5.74, 6) is -2.03. The van der Waals surface area contributed by atoms with E-state index in [9.17, 15) is 14.4 Å². The van der Waals surface area contributed by atoms with Crippen molar-refractivity contribution in [2.45, 2.75) is 46.3 Å². The smallest absolute Gasteiger partial charge is 0.408 e. The first-order valence-electron chi connectivity index (χ1n) is 5.71. The van der Waals surface area contributed by atoms with Gasteiger partial charge in [0.15, 0.2) is 0 Å². The Morgan fingerprint density at radius 3 is 2.06 bits per heavy atom. The quantitative estimate of drug-likeness (QED) is 0.615. The third kappa shape index (κ3) is 6.00. The highest BCUT2D eigenvalue weighted by Gasteiger charge is 2.30. The molecule has 6 heteroatoms. The van der Waals surface area contributed by atoms with Crippen LogP contribution < -0.4 is 5.32 Å². The van der Waals surface area contributed by atoms with Crippen molar-refractivity contribution in [1.29, 1.82) is 0 Å². The van der Waals surface area contributed by atoms with Crippen molar-refractivity contribution >= 4 is 29.3 Å². The van der Waals surface area contributed by atoms with Gasteiger partial charge in [0.2, 0.25) is 11.6 Å². The van der Waals surface area contributed by atoms with Gasteiger partial charge in [-0.15, -0.1) is 11.6 Å². The number of hydrogen-bond acceptors (Lipinski definition) is 4. The van der Waals surface area contributed by atoms with Crippen LogP contribution in [-0.2, 0) is 14.3 Å². The van der Waals surface area contributed by atoms with Gasteiger partial charge in [-0.1, -0.05) is 13.8 Å². The molecule has 1 atom stereocenters. The molecule has 18 heavy (non-hydrogen) atoms. The number of carbonyl (C=O) groups excluding carboxylic acids is 3. The molecule has 0 aliphatic heterocycles. The molecular formula is C12H20ClNO4. The Morgan fingerprint density at radius 1 is 1.22 bits per heavy atom. The number of Topliss-reactive ketones (excluding diaryl/α,β-unsaturated/α-hetero) is 2. The minimum absolute atomic E-state index is 0.225. The molecule has 0 aromatic carbocycles. The minimum atomic E-state index is -0.911. The van der Waals surface area contributed by atoms with Gasteiger partial charge < -0.3 is 10.1 Å². The Kier molecular flexibility index (Phi) is 6.32. The third-order valence-corrected chi connectivity index (χ3v) is 2.26. The lowest BCUT2D eigenvalue weighted by Crippen LogP contribution is -2.49. The molecule has 0 fully saturated rings. The Labute approximate surface area is 112 Å². The van der Waals surface area contributed by atoms with E-state index in [-0.39, 0.29) is 5.92 Å². The summed E-state index contributed by atoms with van der Waals surface area (Å²) in [6.07, 6.45) is -0.725. The second-order valence-electron chi connectivity index (χ2n) is 5.29. The maximum atomic E-state index is 11.7. The molecule has 0 aliphatic carbocycles. The van der Waals surface area contributed by atoms with Gasteiger partial charge in [0.25, 0.3) is 0 Å². The summed E-state index contributed by atoms with van der Waals surface area (Å²) in [6.45, 7) is 8.58. The molecule has 1 amide bonds. The number of ether oxygens (including phenoxy) is 1. The van der Waals surface area contributed by atoms with Crippen molar-refractivity contribution in [3.8, 4) is 0 Å². The van der Waals surface area contributed by atoms with Gasteiger partial charge in [0.1, 0.15) is 11.6 Å². The number of rotatable bonds is 5. The largest absolute Gasteiger partial charge is 0.444 e. The second-order valence-corrected chi connectivity index (χ2v) is 5.56. The Morgan fingerprint density at radius 2 is 1.72 bits per heavy atom. The average Bonchev–Trinajstić information content (AvgIpc) is 2.20. The SMILES string of the molecule is CC(C)[C@H](NC(=O)OC(C)(C)C)C(=O)C(=O)CCl. The third-order valence-electron chi connectivity index (χ3n) is 2.02. The molecule has 1 N–H and O–H groups in total. The number of halogens is 1.